The fourth-order valence-electron chi connectivity index (χ4n) is 1.68. The van der Waals surface area contributed by atoms with Crippen LogP contribution in [-0.2, 0) is 10.6 Å². The maximum absolute atomic E-state index is 11.4. The standard InChI is InChI=1S/C13H11BrN6O2S2/c1-22-12(21)11-2-3-19(18-11)8-24-13-17-15-7-20(13)16-5-10-4-9(14)6-23-10/h2-7H,8H2,1H3. The van der Waals surface area contributed by atoms with Crippen molar-refractivity contribution in [2.45, 2.75) is 11.0 Å². The van der Waals surface area contributed by atoms with Crippen molar-refractivity contribution >= 4 is 51.2 Å². The van der Waals surface area contributed by atoms with Crippen LogP contribution in [0.1, 0.15) is 15.4 Å². The Morgan fingerprint density at radius 1 is 1.58 bits per heavy atom. The van der Waals surface area contributed by atoms with Gasteiger partial charge >= 0.3 is 5.97 Å². The third kappa shape index (κ3) is 4.10. The van der Waals surface area contributed by atoms with Gasteiger partial charge in [-0.25, -0.2) is 4.79 Å². The van der Waals surface area contributed by atoms with Crippen molar-refractivity contribution in [1.82, 2.24) is 24.7 Å². The van der Waals surface area contributed by atoms with Crippen LogP contribution >= 0.6 is 39.0 Å². The summed E-state index contributed by atoms with van der Waals surface area (Å²) in [6, 6.07) is 3.58. The number of nitrogens with zero attached hydrogens (tertiary/aromatic N) is 6. The van der Waals surface area contributed by atoms with Crippen LogP contribution in [0.2, 0.25) is 0 Å². The number of methoxy groups -OCH3 is 1. The number of thiophene rings is 1. The molecule has 0 bridgehead atoms. The van der Waals surface area contributed by atoms with E-state index in [1.165, 1.54) is 25.2 Å². The molecule has 0 aliphatic carbocycles. The van der Waals surface area contributed by atoms with Gasteiger partial charge in [-0.05, 0) is 28.1 Å². The summed E-state index contributed by atoms with van der Waals surface area (Å²) in [6.07, 6.45) is 4.98. The lowest BCUT2D eigenvalue weighted by Crippen LogP contribution is -2.04. The van der Waals surface area contributed by atoms with Crippen molar-refractivity contribution < 1.29 is 9.53 Å². The zero-order valence-electron chi connectivity index (χ0n) is 12.4. The summed E-state index contributed by atoms with van der Waals surface area (Å²) in [5, 5.41) is 19.0. The number of thioether (sulfide) groups is 1. The average molecular weight is 427 g/mol. The van der Waals surface area contributed by atoms with E-state index in [-0.39, 0.29) is 5.69 Å². The average Bonchev–Trinajstić information content (AvgIpc) is 3.31. The topological polar surface area (TPSA) is 87.2 Å². The highest BCUT2D eigenvalue weighted by atomic mass is 79.9. The molecule has 0 radical (unpaired) electrons. The van der Waals surface area contributed by atoms with Crippen LogP contribution < -0.4 is 0 Å². The number of aromatic nitrogens is 5. The van der Waals surface area contributed by atoms with E-state index >= 15 is 0 Å². The highest BCUT2D eigenvalue weighted by Crippen LogP contribution is 2.19. The highest BCUT2D eigenvalue weighted by molar-refractivity contribution is 9.10. The second kappa shape index (κ2) is 7.73. The summed E-state index contributed by atoms with van der Waals surface area (Å²) in [5.74, 6) is 0.00378. The van der Waals surface area contributed by atoms with E-state index in [2.05, 4.69) is 41.1 Å². The number of rotatable bonds is 6. The van der Waals surface area contributed by atoms with Crippen LogP contribution in [-0.4, -0.2) is 43.9 Å². The number of hydrogen-bond acceptors (Lipinski definition) is 8. The van der Waals surface area contributed by atoms with Gasteiger partial charge in [0.25, 0.3) is 0 Å². The first-order valence-electron chi connectivity index (χ1n) is 6.58. The molecule has 124 valence electrons. The van der Waals surface area contributed by atoms with Gasteiger partial charge < -0.3 is 4.74 Å². The molecule has 0 atom stereocenters. The lowest BCUT2D eigenvalue weighted by molar-refractivity contribution is 0.0593. The van der Waals surface area contributed by atoms with Crippen molar-refractivity contribution in [3.8, 4) is 0 Å². The van der Waals surface area contributed by atoms with E-state index in [1.807, 2.05) is 11.4 Å². The summed E-state index contributed by atoms with van der Waals surface area (Å²) >= 11 is 6.38. The first-order chi connectivity index (χ1) is 11.7. The first kappa shape index (κ1) is 16.9. The predicted octanol–water partition coefficient (Wildman–Crippen LogP) is 2.72. The van der Waals surface area contributed by atoms with Gasteiger partial charge in [0.2, 0.25) is 5.16 Å². The third-order valence-corrected chi connectivity index (χ3v) is 5.31. The molecule has 8 nitrogen and oxygen atoms in total. The Balaban J connectivity index is 1.64. The molecule has 11 heteroatoms. The molecule has 24 heavy (non-hydrogen) atoms. The molecule has 3 rings (SSSR count). The molecule has 0 aromatic carbocycles. The molecule has 3 heterocycles. The molecule has 0 unspecified atom stereocenters. The monoisotopic (exact) mass is 426 g/mol. The van der Waals surface area contributed by atoms with Gasteiger partial charge in [0.15, 0.2) is 5.69 Å². The Morgan fingerprint density at radius 3 is 3.21 bits per heavy atom. The van der Waals surface area contributed by atoms with E-state index < -0.39 is 5.97 Å². The normalized spacial score (nSPS) is 11.2. The second-order valence-corrected chi connectivity index (χ2v) is 7.15. The fraction of sp³-hybridized carbons (Fsp3) is 0.154. The second-order valence-electron chi connectivity index (χ2n) is 4.38. The van der Waals surface area contributed by atoms with Crippen LogP contribution in [0.15, 0.2) is 44.8 Å². The number of carbonyl (C=O) groups excluding carboxylic acids is 1. The van der Waals surface area contributed by atoms with Crippen molar-refractivity contribution in [2.24, 2.45) is 5.10 Å². The number of esters is 1. The molecule has 0 aliphatic rings. The summed E-state index contributed by atoms with van der Waals surface area (Å²) in [7, 11) is 1.32. The Morgan fingerprint density at radius 2 is 2.46 bits per heavy atom. The van der Waals surface area contributed by atoms with Gasteiger partial charge in [0.05, 0.1) is 19.2 Å². The van der Waals surface area contributed by atoms with Gasteiger partial charge in [-0.3, -0.25) is 4.68 Å². The van der Waals surface area contributed by atoms with Crippen LogP contribution in [0.25, 0.3) is 0 Å². The number of carbonyl (C=O) groups is 1. The molecule has 0 N–H and O–H groups in total. The largest absolute Gasteiger partial charge is 0.464 e. The summed E-state index contributed by atoms with van der Waals surface area (Å²) in [6.45, 7) is 0. The quantitative estimate of drug-likeness (QED) is 0.342. The summed E-state index contributed by atoms with van der Waals surface area (Å²) in [4.78, 5) is 12.4. The van der Waals surface area contributed by atoms with Gasteiger partial charge in [0, 0.05) is 20.9 Å². The minimum atomic E-state index is -0.464. The van der Waals surface area contributed by atoms with E-state index in [1.54, 1.807) is 39.2 Å². The van der Waals surface area contributed by atoms with E-state index in [0.717, 1.165) is 9.35 Å². The summed E-state index contributed by atoms with van der Waals surface area (Å²) in [5.41, 5.74) is 0.265. The number of halogens is 1. The van der Waals surface area contributed by atoms with Crippen molar-refractivity contribution in [1.29, 1.82) is 0 Å². The maximum atomic E-state index is 11.4. The molecular weight excluding hydrogens is 416 g/mol. The summed E-state index contributed by atoms with van der Waals surface area (Å²) < 4.78 is 8.85. The Kier molecular flexibility index (Phi) is 5.43. The number of hydrogen-bond donors (Lipinski definition) is 0. The van der Waals surface area contributed by atoms with E-state index in [0.29, 0.717) is 11.0 Å². The molecule has 0 aliphatic heterocycles. The first-order valence-corrected chi connectivity index (χ1v) is 9.24. The maximum Gasteiger partial charge on any atom is 0.358 e. The molecule has 0 saturated heterocycles. The van der Waals surface area contributed by atoms with Crippen LogP contribution in [0, 0.1) is 0 Å². The van der Waals surface area contributed by atoms with Crippen molar-refractivity contribution in [3.05, 3.63) is 45.1 Å². The van der Waals surface area contributed by atoms with Gasteiger partial charge in [0.1, 0.15) is 6.33 Å². The smallest absolute Gasteiger partial charge is 0.358 e. The van der Waals surface area contributed by atoms with Crippen LogP contribution in [0.4, 0.5) is 0 Å². The van der Waals surface area contributed by atoms with E-state index in [9.17, 15) is 4.79 Å². The van der Waals surface area contributed by atoms with E-state index in [4.69, 9.17) is 0 Å². The highest BCUT2D eigenvalue weighted by Gasteiger charge is 2.10. The molecule has 3 aromatic rings. The Bertz CT molecular complexity index is 871. The van der Waals surface area contributed by atoms with Crippen molar-refractivity contribution in [3.63, 3.8) is 0 Å². The number of ether oxygens (including phenoxy) is 1. The lowest BCUT2D eigenvalue weighted by Gasteiger charge is -2.01. The van der Waals surface area contributed by atoms with Gasteiger partial charge in [-0.1, -0.05) is 11.8 Å². The minimum Gasteiger partial charge on any atom is -0.464 e. The SMILES string of the molecule is COC(=O)c1ccn(CSc2nncn2N=Cc2cc(Br)cs2)n1. The lowest BCUT2D eigenvalue weighted by atomic mass is 10.4. The molecular formula is C13H11BrN6O2S2. The fourth-order valence-corrected chi connectivity index (χ4v) is 3.70. The van der Waals surface area contributed by atoms with Gasteiger partial charge in [-0.15, -0.1) is 21.5 Å². The van der Waals surface area contributed by atoms with Crippen LogP contribution in [0.3, 0.4) is 0 Å². The Hall–Kier alpha value is -1.98. The molecule has 0 amide bonds. The molecule has 0 fully saturated rings. The van der Waals surface area contributed by atoms with Crippen LogP contribution in [0.5, 0.6) is 0 Å². The Labute approximate surface area is 153 Å². The zero-order valence-corrected chi connectivity index (χ0v) is 15.6. The van der Waals surface area contributed by atoms with Crippen molar-refractivity contribution in [2.75, 3.05) is 7.11 Å². The zero-order chi connectivity index (χ0) is 16.9. The predicted molar refractivity (Wildman–Crippen MR) is 94.5 cm³/mol. The third-order valence-electron chi connectivity index (χ3n) is 2.76. The molecule has 0 spiro atoms. The molecule has 0 saturated carbocycles. The van der Waals surface area contributed by atoms with Gasteiger partial charge in [-0.2, -0.15) is 14.9 Å². The molecule has 3 aromatic heterocycles. The minimum absolute atomic E-state index is 0.265.